The third-order valence-corrected chi connectivity index (χ3v) is 8.98. The number of pyridine rings is 1. The van der Waals surface area contributed by atoms with Crippen LogP contribution in [-0.4, -0.2) is 15.0 Å². The molecule has 3 aromatic heterocycles. The van der Waals surface area contributed by atoms with Crippen molar-refractivity contribution in [3.05, 3.63) is 176 Å². The summed E-state index contributed by atoms with van der Waals surface area (Å²) in [6.45, 7) is 0. The second-order valence-electron chi connectivity index (χ2n) is 12.1. The molecule has 0 bridgehead atoms. The Kier molecular flexibility index (Phi) is 7.10. The van der Waals surface area contributed by atoms with Gasteiger partial charge in [-0.25, -0.2) is 9.97 Å². The first kappa shape index (κ1) is 28.6. The molecule has 9 aromatic rings. The first-order valence-electron chi connectivity index (χ1n) is 16.3. The van der Waals surface area contributed by atoms with Gasteiger partial charge in [0.2, 0.25) is 0 Å². The predicted molar refractivity (Wildman–Crippen MR) is 200 cm³/mol. The molecule has 0 radical (unpaired) electrons. The second kappa shape index (κ2) is 12.2. The van der Waals surface area contributed by atoms with E-state index in [2.05, 4.69) is 126 Å². The molecular formula is C45H29N3O. The van der Waals surface area contributed by atoms with E-state index >= 15 is 0 Å². The molecule has 4 heteroatoms. The molecular weight excluding hydrogens is 599 g/mol. The van der Waals surface area contributed by atoms with Gasteiger partial charge < -0.3 is 4.42 Å². The lowest BCUT2D eigenvalue weighted by molar-refractivity contribution is 0.669. The van der Waals surface area contributed by atoms with Crippen LogP contribution in [0.2, 0.25) is 0 Å². The second-order valence-corrected chi connectivity index (χ2v) is 12.1. The van der Waals surface area contributed by atoms with Crippen LogP contribution in [0, 0.1) is 0 Å². The molecule has 6 aromatic carbocycles. The zero-order valence-corrected chi connectivity index (χ0v) is 26.5. The summed E-state index contributed by atoms with van der Waals surface area (Å²) in [6, 6.07) is 56.8. The van der Waals surface area contributed by atoms with Crippen molar-refractivity contribution in [2.75, 3.05) is 0 Å². The lowest BCUT2D eigenvalue weighted by Gasteiger charge is -2.14. The van der Waals surface area contributed by atoms with E-state index in [0.717, 1.165) is 83.4 Å². The van der Waals surface area contributed by atoms with Crippen LogP contribution in [0.4, 0.5) is 0 Å². The van der Waals surface area contributed by atoms with E-state index < -0.39 is 0 Å². The third-order valence-electron chi connectivity index (χ3n) is 8.98. The fraction of sp³-hybridized carbons (Fsp3) is 0. The van der Waals surface area contributed by atoms with Crippen LogP contribution < -0.4 is 0 Å². The fourth-order valence-corrected chi connectivity index (χ4v) is 6.51. The smallest absolute Gasteiger partial charge is 0.160 e. The Morgan fingerprint density at radius 1 is 0.327 bits per heavy atom. The molecule has 0 amide bonds. The van der Waals surface area contributed by atoms with Crippen molar-refractivity contribution in [1.82, 2.24) is 15.0 Å². The Morgan fingerprint density at radius 2 is 0.878 bits per heavy atom. The zero-order chi connectivity index (χ0) is 32.6. The zero-order valence-electron chi connectivity index (χ0n) is 26.5. The van der Waals surface area contributed by atoms with Gasteiger partial charge in [-0.05, 0) is 94.0 Å². The number of hydrogen-bond donors (Lipinski definition) is 0. The minimum Gasteiger partial charge on any atom is -0.456 e. The highest BCUT2D eigenvalue weighted by atomic mass is 16.3. The minimum atomic E-state index is 0.681. The van der Waals surface area contributed by atoms with Gasteiger partial charge in [0, 0.05) is 39.9 Å². The Labute approximate surface area is 284 Å². The third kappa shape index (κ3) is 5.56. The van der Waals surface area contributed by atoms with Gasteiger partial charge in [-0.2, -0.15) is 0 Å². The van der Waals surface area contributed by atoms with Gasteiger partial charge in [-0.1, -0.05) is 103 Å². The van der Waals surface area contributed by atoms with Crippen LogP contribution in [0.5, 0.6) is 0 Å². The summed E-state index contributed by atoms with van der Waals surface area (Å²) in [7, 11) is 0. The molecule has 9 rings (SSSR count). The van der Waals surface area contributed by atoms with Crippen molar-refractivity contribution >= 4 is 21.9 Å². The Hall–Kier alpha value is -6.65. The number of para-hydroxylation sites is 1. The van der Waals surface area contributed by atoms with Crippen molar-refractivity contribution in [2.45, 2.75) is 0 Å². The summed E-state index contributed by atoms with van der Waals surface area (Å²) in [4.78, 5) is 14.5. The summed E-state index contributed by atoms with van der Waals surface area (Å²) in [5, 5.41) is 2.21. The van der Waals surface area contributed by atoms with Gasteiger partial charge in [0.05, 0.1) is 11.4 Å². The van der Waals surface area contributed by atoms with Gasteiger partial charge in [0.1, 0.15) is 11.2 Å². The van der Waals surface area contributed by atoms with Crippen molar-refractivity contribution in [3.8, 4) is 67.3 Å². The maximum Gasteiger partial charge on any atom is 0.160 e. The molecule has 0 saturated carbocycles. The van der Waals surface area contributed by atoms with Crippen molar-refractivity contribution < 1.29 is 4.42 Å². The molecule has 0 fully saturated rings. The number of hydrogen-bond acceptors (Lipinski definition) is 4. The highest BCUT2D eigenvalue weighted by molar-refractivity contribution is 6.06. The SMILES string of the molecule is c1ccc(-c2cc(-c3ccc4oc5ccccc5c4c3)cc(-c3cc(-c4cccc(-c5ccncc5)c4)nc(-c4ccccc4)n3)c2)cc1. The van der Waals surface area contributed by atoms with Crippen molar-refractivity contribution in [3.63, 3.8) is 0 Å². The molecule has 0 aliphatic heterocycles. The van der Waals surface area contributed by atoms with Crippen LogP contribution in [0.25, 0.3) is 89.2 Å². The highest BCUT2D eigenvalue weighted by Gasteiger charge is 2.15. The number of nitrogens with zero attached hydrogens (tertiary/aromatic N) is 3. The van der Waals surface area contributed by atoms with Gasteiger partial charge >= 0.3 is 0 Å². The van der Waals surface area contributed by atoms with Gasteiger partial charge in [-0.3, -0.25) is 4.98 Å². The number of fused-ring (bicyclic) bond motifs is 3. The summed E-state index contributed by atoms with van der Waals surface area (Å²) in [5.41, 5.74) is 13.2. The van der Waals surface area contributed by atoms with E-state index in [-0.39, 0.29) is 0 Å². The van der Waals surface area contributed by atoms with E-state index in [1.54, 1.807) is 0 Å². The molecule has 0 aliphatic rings. The first-order valence-corrected chi connectivity index (χ1v) is 16.3. The van der Waals surface area contributed by atoms with Crippen LogP contribution in [-0.2, 0) is 0 Å². The molecule has 0 N–H and O–H groups in total. The summed E-state index contributed by atoms with van der Waals surface area (Å²) >= 11 is 0. The van der Waals surface area contributed by atoms with E-state index in [1.165, 1.54) is 0 Å². The van der Waals surface area contributed by atoms with E-state index in [1.807, 2.05) is 54.9 Å². The molecule has 0 saturated heterocycles. The Bertz CT molecular complexity index is 2590. The number of benzene rings is 6. The van der Waals surface area contributed by atoms with Gasteiger partial charge in [-0.15, -0.1) is 0 Å². The molecule has 49 heavy (non-hydrogen) atoms. The van der Waals surface area contributed by atoms with Crippen molar-refractivity contribution in [1.29, 1.82) is 0 Å². The molecule has 0 unspecified atom stereocenters. The monoisotopic (exact) mass is 627 g/mol. The van der Waals surface area contributed by atoms with E-state index in [0.29, 0.717) is 5.82 Å². The molecule has 230 valence electrons. The topological polar surface area (TPSA) is 51.8 Å². The largest absolute Gasteiger partial charge is 0.456 e. The normalized spacial score (nSPS) is 11.3. The average molecular weight is 628 g/mol. The van der Waals surface area contributed by atoms with Crippen molar-refractivity contribution in [2.24, 2.45) is 0 Å². The summed E-state index contributed by atoms with van der Waals surface area (Å²) in [5.74, 6) is 0.681. The van der Waals surface area contributed by atoms with Crippen LogP contribution in [0.3, 0.4) is 0 Å². The highest BCUT2D eigenvalue weighted by Crippen LogP contribution is 2.37. The predicted octanol–water partition coefficient (Wildman–Crippen LogP) is 11.8. The molecule has 0 spiro atoms. The van der Waals surface area contributed by atoms with Crippen LogP contribution in [0.15, 0.2) is 181 Å². The van der Waals surface area contributed by atoms with Gasteiger partial charge in [0.15, 0.2) is 5.82 Å². The number of aromatic nitrogens is 3. The quantitative estimate of drug-likeness (QED) is 0.184. The fourth-order valence-electron chi connectivity index (χ4n) is 6.51. The molecule has 0 aliphatic carbocycles. The first-order chi connectivity index (χ1) is 24.2. The number of furan rings is 1. The molecule has 3 heterocycles. The maximum absolute atomic E-state index is 6.16. The number of rotatable bonds is 6. The lowest BCUT2D eigenvalue weighted by Crippen LogP contribution is -1.97. The minimum absolute atomic E-state index is 0.681. The summed E-state index contributed by atoms with van der Waals surface area (Å²) in [6.07, 6.45) is 3.64. The van der Waals surface area contributed by atoms with Crippen LogP contribution >= 0.6 is 0 Å². The Morgan fingerprint density at radius 3 is 1.67 bits per heavy atom. The standard InChI is InChI=1S/C45H29N3O/c1-3-10-30(11-4-1)36-25-37(34-18-19-44-40(28-34)39-16-7-8-17-43(39)49-44)27-38(26-36)42-29-41(47-45(48-42)32-12-5-2-6-13-32)35-15-9-14-33(24-35)31-20-22-46-23-21-31/h1-29H. The molecule has 0 atom stereocenters. The van der Waals surface area contributed by atoms with Gasteiger partial charge in [0.25, 0.3) is 0 Å². The van der Waals surface area contributed by atoms with Crippen LogP contribution in [0.1, 0.15) is 0 Å². The lowest BCUT2D eigenvalue weighted by atomic mass is 9.93. The maximum atomic E-state index is 6.16. The average Bonchev–Trinajstić information content (AvgIpc) is 3.57. The van der Waals surface area contributed by atoms with E-state index in [4.69, 9.17) is 14.4 Å². The Balaban J connectivity index is 1.25. The summed E-state index contributed by atoms with van der Waals surface area (Å²) < 4.78 is 6.16. The van der Waals surface area contributed by atoms with E-state index in [9.17, 15) is 0 Å². The molecule has 4 nitrogen and oxygen atoms in total.